The molecule has 2 nitrogen and oxygen atoms in total. The molecule has 0 aromatic carbocycles. The van der Waals surface area contributed by atoms with Crippen LogP contribution in [-0.4, -0.2) is 18.4 Å². The van der Waals surface area contributed by atoms with E-state index in [-0.39, 0.29) is 24.7 Å². The van der Waals surface area contributed by atoms with Crippen molar-refractivity contribution in [1.82, 2.24) is 5.32 Å². The minimum Gasteiger partial charge on any atom is -0.356 e. The number of carbonyl (C=O) groups is 1. The molecule has 76 valence electrons. The Labute approximate surface area is 76.7 Å². The average molecular weight is 191 g/mol. The Morgan fingerprint density at radius 3 is 2.46 bits per heavy atom. The molecule has 1 saturated carbocycles. The predicted octanol–water partition coefficient (Wildman–Crippen LogP) is 1.95. The molecule has 4 heteroatoms. The van der Waals surface area contributed by atoms with Gasteiger partial charge in [0.2, 0.25) is 11.8 Å². The van der Waals surface area contributed by atoms with Crippen molar-refractivity contribution in [3.8, 4) is 0 Å². The molecule has 1 N–H and O–H groups in total. The zero-order chi connectivity index (χ0) is 9.90. The Balaban J connectivity index is 2.21. The summed E-state index contributed by atoms with van der Waals surface area (Å²) < 4.78 is 25.4. The highest BCUT2D eigenvalue weighted by molar-refractivity contribution is 5.72. The Bertz CT molecular complexity index is 184. The number of hydrogen-bond donors (Lipinski definition) is 1. The Hall–Kier alpha value is -0.670. The van der Waals surface area contributed by atoms with Crippen LogP contribution in [0.5, 0.6) is 0 Å². The van der Waals surface area contributed by atoms with E-state index >= 15 is 0 Å². The highest BCUT2D eigenvalue weighted by Crippen LogP contribution is 2.35. The fourth-order valence-corrected chi connectivity index (χ4v) is 1.59. The Morgan fingerprint density at radius 2 is 2.00 bits per heavy atom. The van der Waals surface area contributed by atoms with Crippen LogP contribution in [-0.2, 0) is 4.79 Å². The molecule has 0 bridgehead atoms. The van der Waals surface area contributed by atoms with E-state index in [0.717, 1.165) is 0 Å². The molecule has 1 amide bonds. The van der Waals surface area contributed by atoms with Crippen LogP contribution in [0.1, 0.15) is 32.6 Å². The maximum absolute atomic E-state index is 12.7. The summed E-state index contributed by atoms with van der Waals surface area (Å²) in [6.45, 7) is 1.99. The van der Waals surface area contributed by atoms with Crippen molar-refractivity contribution in [3.63, 3.8) is 0 Å². The lowest BCUT2D eigenvalue weighted by atomic mass is 9.87. The van der Waals surface area contributed by atoms with Crippen LogP contribution in [0, 0.1) is 5.92 Å². The molecule has 0 unspecified atom stereocenters. The van der Waals surface area contributed by atoms with E-state index in [2.05, 4.69) is 5.32 Å². The lowest BCUT2D eigenvalue weighted by Crippen LogP contribution is -2.32. The number of hydrogen-bond acceptors (Lipinski definition) is 1. The normalized spacial score (nSPS) is 22.7. The van der Waals surface area contributed by atoms with Gasteiger partial charge in [-0.2, -0.15) is 0 Å². The van der Waals surface area contributed by atoms with Gasteiger partial charge >= 0.3 is 0 Å². The fourth-order valence-electron chi connectivity index (χ4n) is 1.59. The van der Waals surface area contributed by atoms with Crippen molar-refractivity contribution >= 4 is 5.91 Å². The monoisotopic (exact) mass is 191 g/mol. The van der Waals surface area contributed by atoms with E-state index in [1.54, 1.807) is 0 Å². The summed E-state index contributed by atoms with van der Waals surface area (Å²) in [6, 6.07) is 0. The van der Waals surface area contributed by atoms with Gasteiger partial charge in [-0.3, -0.25) is 4.79 Å². The zero-order valence-corrected chi connectivity index (χ0v) is 7.78. The second kappa shape index (κ2) is 4.03. The van der Waals surface area contributed by atoms with Crippen LogP contribution in [0.15, 0.2) is 0 Å². The number of nitrogens with one attached hydrogen (secondary N) is 1. The zero-order valence-electron chi connectivity index (χ0n) is 7.78. The van der Waals surface area contributed by atoms with Gasteiger partial charge in [-0.15, -0.1) is 0 Å². The number of amides is 1. The van der Waals surface area contributed by atoms with Gasteiger partial charge in [0.1, 0.15) is 0 Å². The molecule has 0 saturated heterocycles. The first kappa shape index (κ1) is 10.4. The fraction of sp³-hybridized carbons (Fsp3) is 0.889. The molecule has 1 fully saturated rings. The van der Waals surface area contributed by atoms with Crippen LogP contribution in [0.3, 0.4) is 0 Å². The molecular weight excluding hydrogens is 176 g/mol. The molecule has 0 heterocycles. The maximum atomic E-state index is 12.7. The maximum Gasteiger partial charge on any atom is 0.248 e. The molecule has 0 atom stereocenters. The van der Waals surface area contributed by atoms with Crippen molar-refractivity contribution in [2.45, 2.75) is 38.5 Å². The van der Waals surface area contributed by atoms with Gasteiger partial charge in [0.05, 0.1) is 0 Å². The number of alkyl halides is 2. The van der Waals surface area contributed by atoms with Crippen molar-refractivity contribution in [2.24, 2.45) is 5.92 Å². The van der Waals surface area contributed by atoms with Crippen LogP contribution in [0.25, 0.3) is 0 Å². The van der Waals surface area contributed by atoms with E-state index in [9.17, 15) is 13.6 Å². The topological polar surface area (TPSA) is 29.1 Å². The number of rotatable bonds is 2. The van der Waals surface area contributed by atoms with E-state index in [1.807, 2.05) is 0 Å². The van der Waals surface area contributed by atoms with Gasteiger partial charge in [-0.25, -0.2) is 8.78 Å². The Kier molecular flexibility index (Phi) is 3.22. The van der Waals surface area contributed by atoms with Gasteiger partial charge in [0, 0.05) is 26.3 Å². The summed E-state index contributed by atoms with van der Waals surface area (Å²) in [7, 11) is 0. The lowest BCUT2D eigenvalue weighted by molar-refractivity contribution is -0.119. The molecule has 0 spiro atoms. The third kappa shape index (κ3) is 3.70. The van der Waals surface area contributed by atoms with Crippen LogP contribution in [0.4, 0.5) is 8.78 Å². The molecule has 1 rings (SSSR count). The van der Waals surface area contributed by atoms with Crippen molar-refractivity contribution in [2.75, 3.05) is 6.54 Å². The highest BCUT2D eigenvalue weighted by atomic mass is 19.3. The molecule has 1 aliphatic carbocycles. The summed E-state index contributed by atoms with van der Waals surface area (Å²) in [5.41, 5.74) is 0. The van der Waals surface area contributed by atoms with Crippen molar-refractivity contribution in [1.29, 1.82) is 0 Å². The van der Waals surface area contributed by atoms with Crippen molar-refractivity contribution in [3.05, 3.63) is 0 Å². The first-order chi connectivity index (χ1) is 5.99. The van der Waals surface area contributed by atoms with Crippen LogP contribution >= 0.6 is 0 Å². The number of carbonyl (C=O) groups excluding carboxylic acids is 1. The first-order valence-electron chi connectivity index (χ1n) is 4.62. The smallest absolute Gasteiger partial charge is 0.248 e. The van der Waals surface area contributed by atoms with E-state index in [0.29, 0.717) is 19.4 Å². The summed E-state index contributed by atoms with van der Waals surface area (Å²) in [6.07, 6.45) is 0.981. The van der Waals surface area contributed by atoms with E-state index in [1.165, 1.54) is 6.92 Å². The quantitative estimate of drug-likeness (QED) is 0.710. The first-order valence-corrected chi connectivity index (χ1v) is 4.62. The van der Waals surface area contributed by atoms with Gasteiger partial charge in [0.25, 0.3) is 0 Å². The average Bonchev–Trinajstić information content (AvgIpc) is 2.02. The molecule has 0 aromatic rings. The summed E-state index contributed by atoms with van der Waals surface area (Å²) in [5.74, 6) is -2.31. The molecular formula is C9H15F2NO. The van der Waals surface area contributed by atoms with Gasteiger partial charge in [-0.05, 0) is 18.8 Å². The summed E-state index contributed by atoms with van der Waals surface area (Å²) in [4.78, 5) is 10.6. The number of halogens is 2. The standard InChI is InChI=1S/C9H15F2NO/c1-7(13)12-6-8-2-4-9(10,11)5-3-8/h8H,2-6H2,1H3,(H,12,13). The third-order valence-corrected chi connectivity index (χ3v) is 2.48. The SMILES string of the molecule is CC(=O)NCC1CCC(F)(F)CC1. The molecule has 13 heavy (non-hydrogen) atoms. The lowest BCUT2D eigenvalue weighted by Gasteiger charge is -2.28. The van der Waals surface area contributed by atoms with Gasteiger partial charge in [0.15, 0.2) is 0 Å². The second-order valence-electron chi connectivity index (χ2n) is 3.74. The molecule has 0 aliphatic heterocycles. The third-order valence-electron chi connectivity index (χ3n) is 2.48. The van der Waals surface area contributed by atoms with E-state index < -0.39 is 5.92 Å². The van der Waals surface area contributed by atoms with E-state index in [4.69, 9.17) is 0 Å². The second-order valence-corrected chi connectivity index (χ2v) is 3.74. The van der Waals surface area contributed by atoms with Crippen LogP contribution < -0.4 is 5.32 Å². The molecule has 0 radical (unpaired) electrons. The highest BCUT2D eigenvalue weighted by Gasteiger charge is 2.34. The summed E-state index contributed by atoms with van der Waals surface area (Å²) in [5, 5.41) is 2.66. The van der Waals surface area contributed by atoms with Crippen LogP contribution in [0.2, 0.25) is 0 Å². The predicted molar refractivity (Wildman–Crippen MR) is 45.6 cm³/mol. The van der Waals surface area contributed by atoms with Crippen molar-refractivity contribution < 1.29 is 13.6 Å². The minimum atomic E-state index is -2.47. The Morgan fingerprint density at radius 1 is 1.46 bits per heavy atom. The molecule has 1 aliphatic rings. The van der Waals surface area contributed by atoms with Gasteiger partial charge < -0.3 is 5.32 Å². The largest absolute Gasteiger partial charge is 0.356 e. The minimum absolute atomic E-state index is 0.0305. The molecule has 0 aromatic heterocycles. The van der Waals surface area contributed by atoms with Gasteiger partial charge in [-0.1, -0.05) is 0 Å². The summed E-state index contributed by atoms with van der Waals surface area (Å²) >= 11 is 0.